The number of aliphatic imine (C=N–C) groups is 1. The number of nitrogens with one attached hydrogen (secondary N) is 3. The van der Waals surface area contributed by atoms with Crippen LogP contribution in [0.25, 0.3) is 0 Å². The number of hydrogen-bond acceptors (Lipinski definition) is 2. The molecule has 1 atom stereocenters. The topological polar surface area (TPSA) is 65.5 Å². The normalized spacial score (nSPS) is 15.8. The predicted molar refractivity (Wildman–Crippen MR) is 99.7 cm³/mol. The average Bonchev–Trinajstić information content (AvgIpc) is 3.36. The van der Waals surface area contributed by atoms with Crippen molar-refractivity contribution in [3.8, 4) is 0 Å². The Labute approximate surface area is 153 Å². The highest BCUT2D eigenvalue weighted by molar-refractivity contribution is 6.35. The lowest BCUT2D eigenvalue weighted by atomic mass is 10.1. The van der Waals surface area contributed by atoms with Gasteiger partial charge in [0.05, 0.1) is 12.6 Å². The Kier molecular flexibility index (Phi) is 7.18. The van der Waals surface area contributed by atoms with Gasteiger partial charge < -0.3 is 16.0 Å². The molecule has 7 heteroatoms. The van der Waals surface area contributed by atoms with Gasteiger partial charge in [-0.25, -0.2) is 0 Å². The molecule has 1 saturated carbocycles. The number of benzene rings is 1. The zero-order valence-corrected chi connectivity index (χ0v) is 15.5. The van der Waals surface area contributed by atoms with Crippen LogP contribution >= 0.6 is 23.2 Å². The summed E-state index contributed by atoms with van der Waals surface area (Å²) in [7, 11) is 0. The summed E-state index contributed by atoms with van der Waals surface area (Å²) in [5.41, 5.74) is 0.953. The summed E-state index contributed by atoms with van der Waals surface area (Å²) in [6, 6.07) is 5.43. The molecule has 1 unspecified atom stereocenters. The first-order valence-corrected chi connectivity index (χ1v) is 9.04. The van der Waals surface area contributed by atoms with Gasteiger partial charge in [-0.2, -0.15) is 0 Å². The van der Waals surface area contributed by atoms with E-state index in [0.29, 0.717) is 29.1 Å². The van der Waals surface area contributed by atoms with Gasteiger partial charge in [0.15, 0.2) is 5.96 Å². The number of halogens is 2. The largest absolute Gasteiger partial charge is 0.357 e. The molecule has 5 nitrogen and oxygen atoms in total. The highest BCUT2D eigenvalue weighted by atomic mass is 35.5. The second-order valence-electron chi connectivity index (χ2n) is 5.86. The Morgan fingerprint density at radius 2 is 2.08 bits per heavy atom. The van der Waals surface area contributed by atoms with Gasteiger partial charge in [0.25, 0.3) is 0 Å². The molecule has 132 valence electrons. The van der Waals surface area contributed by atoms with Crippen LogP contribution in [-0.2, 0) is 4.79 Å². The van der Waals surface area contributed by atoms with Crippen LogP contribution in [-0.4, -0.2) is 31.5 Å². The van der Waals surface area contributed by atoms with E-state index in [1.54, 1.807) is 6.07 Å². The van der Waals surface area contributed by atoms with Crippen molar-refractivity contribution < 1.29 is 4.79 Å². The summed E-state index contributed by atoms with van der Waals surface area (Å²) in [6.45, 7) is 5.83. The molecular formula is C17H24Cl2N4O. The van der Waals surface area contributed by atoms with Crippen molar-refractivity contribution in [2.75, 3.05) is 19.6 Å². The fraction of sp³-hybridized carbons (Fsp3) is 0.529. The quantitative estimate of drug-likeness (QED) is 0.392. The molecule has 0 heterocycles. The van der Waals surface area contributed by atoms with E-state index in [2.05, 4.69) is 20.9 Å². The van der Waals surface area contributed by atoms with Crippen molar-refractivity contribution in [1.29, 1.82) is 0 Å². The molecule has 1 amide bonds. The van der Waals surface area contributed by atoms with E-state index in [1.807, 2.05) is 26.0 Å². The third kappa shape index (κ3) is 5.87. The summed E-state index contributed by atoms with van der Waals surface area (Å²) in [4.78, 5) is 16.1. The maximum absolute atomic E-state index is 11.6. The first-order chi connectivity index (χ1) is 11.5. The zero-order valence-electron chi connectivity index (χ0n) is 14.0. The van der Waals surface area contributed by atoms with E-state index in [9.17, 15) is 4.79 Å². The van der Waals surface area contributed by atoms with E-state index < -0.39 is 0 Å². The van der Waals surface area contributed by atoms with Crippen LogP contribution in [0.3, 0.4) is 0 Å². The summed E-state index contributed by atoms with van der Waals surface area (Å²) in [6.07, 6.45) is 2.03. The molecule has 0 bridgehead atoms. The molecule has 0 saturated heterocycles. The lowest BCUT2D eigenvalue weighted by Crippen LogP contribution is -2.39. The number of rotatable bonds is 7. The summed E-state index contributed by atoms with van der Waals surface area (Å²) in [5.74, 6) is 1.06. The Balaban J connectivity index is 1.88. The molecule has 1 aliphatic carbocycles. The van der Waals surface area contributed by atoms with Crippen molar-refractivity contribution in [1.82, 2.24) is 16.0 Å². The first-order valence-electron chi connectivity index (χ1n) is 8.28. The van der Waals surface area contributed by atoms with Crippen molar-refractivity contribution in [3.63, 3.8) is 0 Å². The monoisotopic (exact) mass is 370 g/mol. The molecule has 24 heavy (non-hydrogen) atoms. The molecule has 0 radical (unpaired) electrons. The SMILES string of the molecule is CCNC(=NCCNC(=O)C1CC1)NC(C)c1ccc(Cl)cc1Cl. The molecule has 0 aromatic heterocycles. The number of guanidine groups is 1. The second-order valence-corrected chi connectivity index (χ2v) is 6.70. The first kappa shape index (κ1) is 18.9. The number of amides is 1. The van der Waals surface area contributed by atoms with Crippen molar-refractivity contribution >= 4 is 35.1 Å². The smallest absolute Gasteiger partial charge is 0.223 e. The highest BCUT2D eigenvalue weighted by Gasteiger charge is 2.28. The number of hydrogen-bond donors (Lipinski definition) is 3. The molecule has 0 spiro atoms. The van der Waals surface area contributed by atoms with Crippen LogP contribution in [0.5, 0.6) is 0 Å². The van der Waals surface area contributed by atoms with Crippen molar-refractivity contribution in [2.24, 2.45) is 10.9 Å². The standard InChI is InChI=1S/C17H24Cl2N4O/c1-3-20-17(22-9-8-21-16(24)12-4-5-12)23-11(2)14-7-6-13(18)10-15(14)19/h6-7,10-12H,3-5,8-9H2,1-2H3,(H,21,24)(H2,20,22,23). The van der Waals surface area contributed by atoms with Crippen molar-refractivity contribution in [2.45, 2.75) is 32.7 Å². The lowest BCUT2D eigenvalue weighted by molar-refractivity contribution is -0.122. The third-order valence-corrected chi connectivity index (χ3v) is 4.32. The maximum atomic E-state index is 11.6. The highest BCUT2D eigenvalue weighted by Crippen LogP contribution is 2.28. The fourth-order valence-electron chi connectivity index (χ4n) is 2.29. The number of carbonyl (C=O) groups is 1. The van der Waals surface area contributed by atoms with E-state index in [1.165, 1.54) is 0 Å². The minimum Gasteiger partial charge on any atom is -0.357 e. The summed E-state index contributed by atoms with van der Waals surface area (Å²) in [5, 5.41) is 10.7. The van der Waals surface area contributed by atoms with Crippen LogP contribution in [0.15, 0.2) is 23.2 Å². The molecule has 1 aromatic rings. The van der Waals surface area contributed by atoms with Gasteiger partial charge in [-0.1, -0.05) is 29.3 Å². The minimum absolute atomic E-state index is 0.0198. The molecule has 1 fully saturated rings. The molecular weight excluding hydrogens is 347 g/mol. The van der Waals surface area contributed by atoms with Gasteiger partial charge >= 0.3 is 0 Å². The Morgan fingerprint density at radius 3 is 2.71 bits per heavy atom. The second kappa shape index (κ2) is 9.14. The maximum Gasteiger partial charge on any atom is 0.223 e. The van der Waals surface area contributed by atoms with E-state index in [4.69, 9.17) is 23.2 Å². The minimum atomic E-state index is -0.0198. The molecule has 0 aliphatic heterocycles. The van der Waals surface area contributed by atoms with Gasteiger partial charge in [-0.05, 0) is 44.4 Å². The number of nitrogens with zero attached hydrogens (tertiary/aromatic N) is 1. The third-order valence-electron chi connectivity index (χ3n) is 3.76. The van der Waals surface area contributed by atoms with Gasteiger partial charge in [0.1, 0.15) is 0 Å². The lowest BCUT2D eigenvalue weighted by Gasteiger charge is -2.19. The fourth-order valence-corrected chi connectivity index (χ4v) is 2.86. The average molecular weight is 371 g/mol. The van der Waals surface area contributed by atoms with Crippen LogP contribution < -0.4 is 16.0 Å². The Morgan fingerprint density at radius 1 is 1.33 bits per heavy atom. The summed E-state index contributed by atoms with van der Waals surface area (Å²) < 4.78 is 0. The van der Waals surface area contributed by atoms with E-state index >= 15 is 0 Å². The van der Waals surface area contributed by atoms with Crippen LogP contribution in [0, 0.1) is 5.92 Å². The Hall–Kier alpha value is -1.46. The molecule has 3 N–H and O–H groups in total. The summed E-state index contributed by atoms with van der Waals surface area (Å²) >= 11 is 12.2. The van der Waals surface area contributed by atoms with Crippen LogP contribution in [0.2, 0.25) is 10.0 Å². The van der Waals surface area contributed by atoms with Gasteiger partial charge in [0, 0.05) is 29.1 Å². The predicted octanol–water partition coefficient (Wildman–Crippen LogP) is 3.14. The molecule has 2 rings (SSSR count). The van der Waals surface area contributed by atoms with Gasteiger partial charge in [-0.3, -0.25) is 9.79 Å². The van der Waals surface area contributed by atoms with Crippen molar-refractivity contribution in [3.05, 3.63) is 33.8 Å². The molecule has 1 aromatic carbocycles. The Bertz CT molecular complexity index is 602. The van der Waals surface area contributed by atoms with E-state index in [0.717, 1.165) is 24.9 Å². The van der Waals surface area contributed by atoms with E-state index in [-0.39, 0.29) is 17.9 Å². The number of carbonyl (C=O) groups excluding carboxylic acids is 1. The molecule has 1 aliphatic rings. The van der Waals surface area contributed by atoms with Gasteiger partial charge in [0.2, 0.25) is 5.91 Å². The van der Waals surface area contributed by atoms with Crippen LogP contribution in [0.4, 0.5) is 0 Å². The zero-order chi connectivity index (χ0) is 17.5. The van der Waals surface area contributed by atoms with Gasteiger partial charge in [-0.15, -0.1) is 0 Å². The van der Waals surface area contributed by atoms with Crippen LogP contribution in [0.1, 0.15) is 38.3 Å².